The van der Waals surface area contributed by atoms with Crippen LogP contribution in [-0.4, -0.2) is 75.1 Å². The Balaban J connectivity index is 2.09. The van der Waals surface area contributed by atoms with E-state index >= 15 is 0 Å². The van der Waals surface area contributed by atoms with Crippen LogP contribution in [0.1, 0.15) is 27.2 Å². The summed E-state index contributed by atoms with van der Waals surface area (Å²) in [4.78, 5) is 0. The summed E-state index contributed by atoms with van der Waals surface area (Å²) in [6.07, 6.45) is -5.01. The van der Waals surface area contributed by atoms with Crippen LogP contribution in [0.25, 0.3) is 0 Å². The highest BCUT2D eigenvalue weighted by atomic mass is 16.7. The van der Waals surface area contributed by atoms with E-state index in [0.29, 0.717) is 6.42 Å². The van der Waals surface area contributed by atoms with Crippen molar-refractivity contribution in [3.05, 3.63) is 11.6 Å². The van der Waals surface area contributed by atoms with E-state index in [9.17, 15) is 25.5 Å². The van der Waals surface area contributed by atoms with Crippen molar-refractivity contribution in [3.63, 3.8) is 0 Å². The zero-order valence-corrected chi connectivity index (χ0v) is 13.7. The molecule has 8 atom stereocenters. The minimum atomic E-state index is -1.45. The van der Waals surface area contributed by atoms with Crippen LogP contribution in [0, 0.1) is 11.8 Å². The number of aliphatic hydroxyl groups is 5. The van der Waals surface area contributed by atoms with Gasteiger partial charge in [0.25, 0.3) is 0 Å². The Labute approximate surface area is 136 Å². The second kappa shape index (κ2) is 7.57. The van der Waals surface area contributed by atoms with Gasteiger partial charge in [0.1, 0.15) is 24.4 Å². The molecular weight excluding hydrogens is 304 g/mol. The van der Waals surface area contributed by atoms with Crippen molar-refractivity contribution >= 4 is 0 Å². The van der Waals surface area contributed by atoms with Crippen molar-refractivity contribution in [1.29, 1.82) is 0 Å². The highest BCUT2D eigenvalue weighted by Crippen LogP contribution is 2.33. The van der Waals surface area contributed by atoms with E-state index in [1.54, 1.807) is 6.08 Å². The first kappa shape index (κ1) is 18.8. The molecule has 0 saturated carbocycles. The predicted octanol–water partition coefficient (Wildman–Crippen LogP) is -0.845. The third kappa shape index (κ3) is 3.93. The molecule has 23 heavy (non-hydrogen) atoms. The molecule has 134 valence electrons. The molecule has 1 saturated heterocycles. The maximum absolute atomic E-state index is 10.1. The third-order valence-corrected chi connectivity index (χ3v) is 4.87. The van der Waals surface area contributed by atoms with Gasteiger partial charge in [-0.15, -0.1) is 0 Å². The fourth-order valence-electron chi connectivity index (χ4n) is 3.24. The number of aliphatic hydroxyl groups excluding tert-OH is 5. The summed E-state index contributed by atoms with van der Waals surface area (Å²) in [5.41, 5.74) is 0.825. The summed E-state index contributed by atoms with van der Waals surface area (Å²) >= 11 is 0. The molecule has 7 nitrogen and oxygen atoms in total. The highest BCUT2D eigenvalue weighted by molar-refractivity contribution is 5.14. The Kier molecular flexibility index (Phi) is 6.18. The number of rotatable bonds is 4. The molecular formula is C16H28O7. The Morgan fingerprint density at radius 1 is 1.17 bits per heavy atom. The lowest BCUT2D eigenvalue weighted by Gasteiger charge is -2.42. The van der Waals surface area contributed by atoms with Crippen molar-refractivity contribution < 1.29 is 35.0 Å². The van der Waals surface area contributed by atoms with Crippen molar-refractivity contribution in [2.24, 2.45) is 11.8 Å². The second-order valence-electron chi connectivity index (χ2n) is 6.87. The van der Waals surface area contributed by atoms with Crippen molar-refractivity contribution in [3.8, 4) is 0 Å². The summed E-state index contributed by atoms with van der Waals surface area (Å²) < 4.78 is 11.2. The average molecular weight is 332 g/mol. The molecule has 0 amide bonds. The van der Waals surface area contributed by atoms with Gasteiger partial charge in [-0.1, -0.05) is 19.9 Å². The lowest BCUT2D eigenvalue weighted by Crippen LogP contribution is -2.60. The maximum Gasteiger partial charge on any atom is 0.187 e. The topological polar surface area (TPSA) is 120 Å². The van der Waals surface area contributed by atoms with Gasteiger partial charge >= 0.3 is 0 Å². The van der Waals surface area contributed by atoms with Crippen LogP contribution in [0.3, 0.4) is 0 Å². The molecule has 0 aromatic heterocycles. The second-order valence-corrected chi connectivity index (χ2v) is 6.87. The Hall–Kier alpha value is -0.540. The Bertz CT molecular complexity index is 423. The average Bonchev–Trinajstić information content (AvgIpc) is 2.49. The number of ether oxygens (including phenoxy) is 2. The molecule has 8 unspecified atom stereocenters. The van der Waals surface area contributed by atoms with E-state index in [2.05, 4.69) is 0 Å². The van der Waals surface area contributed by atoms with Crippen molar-refractivity contribution in [2.75, 3.05) is 6.61 Å². The summed E-state index contributed by atoms with van der Waals surface area (Å²) in [6.45, 7) is 5.38. The van der Waals surface area contributed by atoms with E-state index in [0.717, 1.165) is 5.57 Å². The lowest BCUT2D eigenvalue weighted by atomic mass is 9.79. The molecule has 0 aromatic rings. The van der Waals surface area contributed by atoms with E-state index in [1.807, 2.05) is 20.8 Å². The molecule has 1 aliphatic carbocycles. The minimum Gasteiger partial charge on any atom is -0.394 e. The quantitative estimate of drug-likeness (QED) is 0.426. The summed E-state index contributed by atoms with van der Waals surface area (Å²) in [7, 11) is 0. The van der Waals surface area contributed by atoms with Crippen molar-refractivity contribution in [2.45, 2.75) is 70.1 Å². The van der Waals surface area contributed by atoms with Gasteiger partial charge in [-0.25, -0.2) is 0 Å². The molecule has 0 bridgehead atoms. The first-order chi connectivity index (χ1) is 10.8. The molecule has 5 N–H and O–H groups in total. The van der Waals surface area contributed by atoms with E-state index in [1.165, 1.54) is 0 Å². The van der Waals surface area contributed by atoms with E-state index in [-0.39, 0.29) is 17.9 Å². The summed E-state index contributed by atoms with van der Waals surface area (Å²) in [6, 6.07) is 0. The SMILES string of the molecule is CC1=CC(O)C(C(C)C)CC1OC1OC(CO)C(O)C(O)C1O. The summed E-state index contributed by atoms with van der Waals surface area (Å²) in [5, 5.41) is 49.0. The molecule has 1 fully saturated rings. The number of hydrogen-bond acceptors (Lipinski definition) is 7. The monoisotopic (exact) mass is 332 g/mol. The highest BCUT2D eigenvalue weighted by Gasteiger charge is 2.45. The minimum absolute atomic E-state index is 0.0218. The normalized spacial score (nSPS) is 45.2. The van der Waals surface area contributed by atoms with Gasteiger partial charge in [0, 0.05) is 0 Å². The van der Waals surface area contributed by atoms with Crippen LogP contribution >= 0.6 is 0 Å². The molecule has 7 heteroatoms. The lowest BCUT2D eigenvalue weighted by molar-refractivity contribution is -0.310. The standard InChI is InChI=1S/C16H28O7/c1-7(2)9-5-11(8(3)4-10(9)18)22-16-15(21)14(20)13(19)12(6-17)23-16/h4,7,9-21H,5-6H2,1-3H3. The molecule has 0 radical (unpaired) electrons. The van der Waals surface area contributed by atoms with Crippen LogP contribution in [0.15, 0.2) is 11.6 Å². The first-order valence-corrected chi connectivity index (χ1v) is 8.08. The van der Waals surface area contributed by atoms with Crippen LogP contribution in [0.4, 0.5) is 0 Å². The fourth-order valence-corrected chi connectivity index (χ4v) is 3.24. The van der Waals surface area contributed by atoms with Gasteiger partial charge in [-0.3, -0.25) is 0 Å². The molecule has 0 aromatic carbocycles. The Morgan fingerprint density at radius 3 is 2.39 bits per heavy atom. The van der Waals surface area contributed by atoms with Crippen LogP contribution in [0.5, 0.6) is 0 Å². The van der Waals surface area contributed by atoms with Crippen LogP contribution in [-0.2, 0) is 9.47 Å². The van der Waals surface area contributed by atoms with Gasteiger partial charge < -0.3 is 35.0 Å². The summed E-state index contributed by atoms with van der Waals surface area (Å²) in [5.74, 6) is 0.281. The smallest absolute Gasteiger partial charge is 0.187 e. The van der Waals surface area contributed by atoms with Crippen LogP contribution < -0.4 is 0 Å². The van der Waals surface area contributed by atoms with E-state index in [4.69, 9.17) is 9.47 Å². The predicted molar refractivity (Wildman–Crippen MR) is 81.3 cm³/mol. The van der Waals surface area contributed by atoms with Gasteiger partial charge in [0.15, 0.2) is 6.29 Å². The van der Waals surface area contributed by atoms with Gasteiger partial charge in [0.2, 0.25) is 0 Å². The van der Waals surface area contributed by atoms with Crippen molar-refractivity contribution in [1.82, 2.24) is 0 Å². The zero-order chi connectivity index (χ0) is 17.3. The third-order valence-electron chi connectivity index (χ3n) is 4.87. The largest absolute Gasteiger partial charge is 0.394 e. The fraction of sp³-hybridized carbons (Fsp3) is 0.875. The molecule has 1 heterocycles. The molecule has 1 aliphatic heterocycles. The van der Waals surface area contributed by atoms with Gasteiger partial charge in [-0.2, -0.15) is 0 Å². The van der Waals surface area contributed by atoms with E-state index < -0.39 is 43.4 Å². The Morgan fingerprint density at radius 2 is 1.83 bits per heavy atom. The molecule has 0 spiro atoms. The van der Waals surface area contributed by atoms with Gasteiger partial charge in [0.05, 0.1) is 18.8 Å². The number of hydrogen-bond donors (Lipinski definition) is 5. The maximum atomic E-state index is 10.1. The molecule has 2 rings (SSSR count). The zero-order valence-electron chi connectivity index (χ0n) is 13.7. The van der Waals surface area contributed by atoms with Gasteiger partial charge in [-0.05, 0) is 30.8 Å². The first-order valence-electron chi connectivity index (χ1n) is 8.08. The molecule has 2 aliphatic rings. The van der Waals surface area contributed by atoms with Crippen LogP contribution in [0.2, 0.25) is 0 Å².